The van der Waals surface area contributed by atoms with Gasteiger partial charge in [0.05, 0.1) is 23.2 Å². The smallest absolute Gasteiger partial charge is 0.321 e. The fourth-order valence-electron chi connectivity index (χ4n) is 2.80. The second-order valence-electron chi connectivity index (χ2n) is 6.42. The van der Waals surface area contributed by atoms with Gasteiger partial charge in [0.15, 0.2) is 5.16 Å². The Balaban J connectivity index is 1.40. The molecule has 28 heavy (non-hydrogen) atoms. The summed E-state index contributed by atoms with van der Waals surface area (Å²) in [6, 6.07) is 10.6. The third kappa shape index (κ3) is 4.26. The Morgan fingerprint density at radius 2 is 2.04 bits per heavy atom. The van der Waals surface area contributed by atoms with Gasteiger partial charge in [0, 0.05) is 10.9 Å². The Bertz CT molecular complexity index is 1070. The van der Waals surface area contributed by atoms with Crippen LogP contribution >= 0.6 is 23.1 Å². The van der Waals surface area contributed by atoms with Crippen LogP contribution in [0.2, 0.25) is 0 Å². The Morgan fingerprint density at radius 3 is 2.79 bits per heavy atom. The van der Waals surface area contributed by atoms with Gasteiger partial charge >= 0.3 is 6.03 Å². The molecule has 2 aromatic heterocycles. The zero-order valence-electron chi connectivity index (χ0n) is 14.9. The Hall–Kier alpha value is -2.65. The molecule has 0 spiro atoms. The topological polar surface area (TPSA) is 93.1 Å². The monoisotopic (exact) mass is 414 g/mol. The van der Waals surface area contributed by atoms with Gasteiger partial charge in [0.1, 0.15) is 0 Å². The standard InChI is InChI=1S/C19H18N4O3S2/c24-16(22-18(26)20-10-13-4-3-9-27-13)11-28-19-21-15-6-2-1-5-14(15)17(25)23(19)12-7-8-12/h1-6,9,12H,7-8,10-11H2,(H2,20,22,24,26). The molecule has 1 aliphatic carbocycles. The number of aromatic nitrogens is 2. The molecule has 1 aromatic carbocycles. The van der Waals surface area contributed by atoms with E-state index in [1.165, 1.54) is 23.1 Å². The number of thiophene rings is 1. The van der Waals surface area contributed by atoms with Crippen LogP contribution in [0.25, 0.3) is 10.9 Å². The van der Waals surface area contributed by atoms with E-state index < -0.39 is 11.9 Å². The van der Waals surface area contributed by atoms with Crippen molar-refractivity contribution in [1.29, 1.82) is 0 Å². The molecule has 0 atom stereocenters. The molecule has 7 nitrogen and oxygen atoms in total. The number of benzene rings is 1. The summed E-state index contributed by atoms with van der Waals surface area (Å²) < 4.78 is 1.68. The van der Waals surface area contributed by atoms with Crippen molar-refractivity contribution < 1.29 is 9.59 Å². The third-order valence-corrected chi connectivity index (χ3v) is 6.11. The second kappa shape index (κ2) is 8.15. The van der Waals surface area contributed by atoms with Crippen molar-refractivity contribution in [1.82, 2.24) is 20.2 Å². The lowest BCUT2D eigenvalue weighted by Gasteiger charge is -2.12. The molecule has 0 saturated heterocycles. The van der Waals surface area contributed by atoms with Crippen molar-refractivity contribution >= 4 is 45.9 Å². The van der Waals surface area contributed by atoms with Crippen LogP contribution in [0.4, 0.5) is 4.79 Å². The van der Waals surface area contributed by atoms with E-state index in [1.54, 1.807) is 16.7 Å². The van der Waals surface area contributed by atoms with Crippen molar-refractivity contribution in [3.63, 3.8) is 0 Å². The summed E-state index contributed by atoms with van der Waals surface area (Å²) in [7, 11) is 0. The van der Waals surface area contributed by atoms with Gasteiger partial charge < -0.3 is 5.32 Å². The molecule has 3 amide bonds. The number of hydrogen-bond donors (Lipinski definition) is 2. The third-order valence-electron chi connectivity index (χ3n) is 4.28. The summed E-state index contributed by atoms with van der Waals surface area (Å²) >= 11 is 2.70. The first-order valence-corrected chi connectivity index (χ1v) is 10.7. The average Bonchev–Trinajstić information content (AvgIpc) is 3.38. The number of hydrogen-bond acceptors (Lipinski definition) is 6. The fourth-order valence-corrected chi connectivity index (χ4v) is 4.31. The fraction of sp³-hybridized carbons (Fsp3) is 0.263. The van der Waals surface area contributed by atoms with Gasteiger partial charge in [-0.25, -0.2) is 9.78 Å². The van der Waals surface area contributed by atoms with Gasteiger partial charge in [-0.2, -0.15) is 0 Å². The van der Waals surface area contributed by atoms with E-state index in [0.717, 1.165) is 17.7 Å². The zero-order chi connectivity index (χ0) is 19.5. The van der Waals surface area contributed by atoms with Crippen LogP contribution in [0.3, 0.4) is 0 Å². The first-order valence-electron chi connectivity index (χ1n) is 8.86. The van der Waals surface area contributed by atoms with Crippen LogP contribution in [0.15, 0.2) is 51.7 Å². The number of para-hydroxylation sites is 1. The lowest BCUT2D eigenvalue weighted by atomic mass is 10.2. The number of imide groups is 1. The number of amides is 3. The van der Waals surface area contributed by atoms with E-state index in [0.29, 0.717) is 22.6 Å². The zero-order valence-corrected chi connectivity index (χ0v) is 16.5. The van der Waals surface area contributed by atoms with Crippen LogP contribution < -0.4 is 16.2 Å². The van der Waals surface area contributed by atoms with Crippen molar-refractivity contribution in [2.45, 2.75) is 30.6 Å². The maximum absolute atomic E-state index is 12.8. The number of urea groups is 1. The SMILES string of the molecule is O=C(CSc1nc2ccccc2c(=O)n1C1CC1)NC(=O)NCc1cccs1. The summed E-state index contributed by atoms with van der Waals surface area (Å²) in [5.74, 6) is -0.428. The molecule has 144 valence electrons. The molecule has 0 radical (unpaired) electrons. The van der Waals surface area contributed by atoms with Crippen LogP contribution in [-0.4, -0.2) is 27.2 Å². The highest BCUT2D eigenvalue weighted by atomic mass is 32.2. The van der Waals surface area contributed by atoms with Crippen LogP contribution in [0, 0.1) is 0 Å². The number of thioether (sulfide) groups is 1. The average molecular weight is 415 g/mol. The summed E-state index contributed by atoms with van der Waals surface area (Å²) in [6.07, 6.45) is 1.87. The number of fused-ring (bicyclic) bond motifs is 1. The minimum Gasteiger partial charge on any atom is -0.333 e. The molecule has 2 heterocycles. The van der Waals surface area contributed by atoms with Crippen LogP contribution in [0.5, 0.6) is 0 Å². The minimum absolute atomic E-state index is 0.00389. The number of nitrogens with zero attached hydrogens (tertiary/aromatic N) is 2. The van der Waals surface area contributed by atoms with Crippen molar-refractivity contribution in [3.05, 3.63) is 57.0 Å². The second-order valence-corrected chi connectivity index (χ2v) is 8.39. The van der Waals surface area contributed by atoms with Crippen molar-refractivity contribution in [2.75, 3.05) is 5.75 Å². The maximum atomic E-state index is 12.8. The van der Waals surface area contributed by atoms with E-state index >= 15 is 0 Å². The van der Waals surface area contributed by atoms with E-state index in [-0.39, 0.29) is 17.4 Å². The van der Waals surface area contributed by atoms with Gasteiger partial charge in [0.25, 0.3) is 5.56 Å². The van der Waals surface area contributed by atoms with E-state index in [2.05, 4.69) is 15.6 Å². The van der Waals surface area contributed by atoms with Gasteiger partial charge in [-0.05, 0) is 36.4 Å². The number of carbonyl (C=O) groups is 2. The molecule has 9 heteroatoms. The van der Waals surface area contributed by atoms with Gasteiger partial charge in [0.2, 0.25) is 5.91 Å². The predicted octanol–water partition coefficient (Wildman–Crippen LogP) is 2.91. The lowest BCUT2D eigenvalue weighted by Crippen LogP contribution is -2.39. The maximum Gasteiger partial charge on any atom is 0.321 e. The molecular formula is C19H18N4O3S2. The first-order chi connectivity index (χ1) is 13.6. The molecule has 0 bridgehead atoms. The largest absolute Gasteiger partial charge is 0.333 e. The normalized spacial score (nSPS) is 13.4. The van der Waals surface area contributed by atoms with E-state index in [1.807, 2.05) is 29.6 Å². The first kappa shape index (κ1) is 18.7. The summed E-state index contributed by atoms with van der Waals surface area (Å²) in [5.41, 5.74) is 0.533. The summed E-state index contributed by atoms with van der Waals surface area (Å²) in [6.45, 7) is 0.372. The highest BCUT2D eigenvalue weighted by molar-refractivity contribution is 7.99. The molecule has 4 rings (SSSR count). The van der Waals surface area contributed by atoms with Crippen molar-refractivity contribution in [2.24, 2.45) is 0 Å². The van der Waals surface area contributed by atoms with E-state index in [4.69, 9.17) is 0 Å². The van der Waals surface area contributed by atoms with Gasteiger partial charge in [-0.15, -0.1) is 11.3 Å². The van der Waals surface area contributed by atoms with Gasteiger partial charge in [-0.3, -0.25) is 19.5 Å². The molecule has 2 N–H and O–H groups in total. The highest BCUT2D eigenvalue weighted by Crippen LogP contribution is 2.36. The lowest BCUT2D eigenvalue weighted by molar-refractivity contribution is -0.117. The molecule has 1 saturated carbocycles. The Kier molecular flexibility index (Phi) is 5.45. The number of rotatable bonds is 6. The van der Waals surface area contributed by atoms with Crippen LogP contribution in [0.1, 0.15) is 23.8 Å². The molecule has 0 unspecified atom stereocenters. The van der Waals surface area contributed by atoms with Crippen molar-refractivity contribution in [3.8, 4) is 0 Å². The Morgan fingerprint density at radius 1 is 1.21 bits per heavy atom. The predicted molar refractivity (Wildman–Crippen MR) is 110 cm³/mol. The summed E-state index contributed by atoms with van der Waals surface area (Å²) in [5, 5.41) is 7.97. The number of nitrogens with one attached hydrogen (secondary N) is 2. The van der Waals surface area contributed by atoms with Crippen LogP contribution in [-0.2, 0) is 11.3 Å². The van der Waals surface area contributed by atoms with E-state index in [9.17, 15) is 14.4 Å². The highest BCUT2D eigenvalue weighted by Gasteiger charge is 2.28. The molecule has 1 aliphatic rings. The quantitative estimate of drug-likeness (QED) is 0.478. The minimum atomic E-state index is -0.537. The molecular weight excluding hydrogens is 396 g/mol. The molecule has 1 fully saturated rings. The summed E-state index contributed by atoms with van der Waals surface area (Å²) in [4.78, 5) is 42.4. The number of carbonyl (C=O) groups excluding carboxylic acids is 2. The van der Waals surface area contributed by atoms with Gasteiger partial charge in [-0.1, -0.05) is 30.0 Å². The molecule has 0 aliphatic heterocycles. The Labute approximate surface area is 169 Å². The molecule has 3 aromatic rings.